The van der Waals surface area contributed by atoms with Gasteiger partial charge in [0, 0.05) is 0 Å². The lowest BCUT2D eigenvalue weighted by molar-refractivity contribution is 0.254. The van der Waals surface area contributed by atoms with Gasteiger partial charge in [-0.05, 0) is 75.3 Å². The largest absolute Gasteiger partial charge is 0.284 e. The molecule has 0 atom stereocenters. The van der Waals surface area contributed by atoms with Gasteiger partial charge < -0.3 is 0 Å². The third-order valence-corrected chi connectivity index (χ3v) is 6.19. The van der Waals surface area contributed by atoms with Gasteiger partial charge in [-0.2, -0.15) is 0 Å². The monoisotopic (exact) mass is 405 g/mol. The number of hydrogen-bond donors (Lipinski definition) is 0. The number of aryl methyl sites for hydroxylation is 2. The summed E-state index contributed by atoms with van der Waals surface area (Å²) in [5.41, 5.74) is 3.67. The minimum absolute atomic E-state index is 0.0705. The molecule has 0 saturated carbocycles. The SMILES string of the molecule is Cc1cccc(C)c1-n1c(=O)c2ccccc2n2c(=S)n(CN3CCCC3)nc12. The quantitative estimate of drug-likeness (QED) is 0.486. The minimum Gasteiger partial charge on any atom is -0.284 e. The van der Waals surface area contributed by atoms with E-state index in [4.69, 9.17) is 17.3 Å². The van der Waals surface area contributed by atoms with Crippen LogP contribution in [-0.4, -0.2) is 36.7 Å². The molecule has 4 aromatic rings. The second-order valence-corrected chi connectivity index (χ2v) is 8.15. The molecule has 0 spiro atoms. The Kier molecular flexibility index (Phi) is 4.37. The summed E-state index contributed by atoms with van der Waals surface area (Å²) in [6.07, 6.45) is 2.41. The number of aromatic nitrogens is 4. The number of para-hydroxylation sites is 2. The predicted molar refractivity (Wildman–Crippen MR) is 117 cm³/mol. The number of likely N-dealkylation sites (tertiary alicyclic amines) is 1. The van der Waals surface area contributed by atoms with Gasteiger partial charge in [-0.1, -0.05) is 30.3 Å². The second-order valence-electron chi connectivity index (χ2n) is 7.78. The van der Waals surface area contributed by atoms with Gasteiger partial charge >= 0.3 is 0 Å². The van der Waals surface area contributed by atoms with Crippen molar-refractivity contribution in [1.82, 2.24) is 23.6 Å². The summed E-state index contributed by atoms with van der Waals surface area (Å²) >= 11 is 5.83. The van der Waals surface area contributed by atoms with Crippen molar-refractivity contribution in [3.8, 4) is 5.69 Å². The van der Waals surface area contributed by atoms with Gasteiger partial charge in [0.15, 0.2) is 0 Å². The summed E-state index contributed by atoms with van der Waals surface area (Å²) in [6, 6.07) is 13.7. The highest BCUT2D eigenvalue weighted by Gasteiger charge is 2.20. The average Bonchev–Trinajstić information content (AvgIpc) is 3.33. The summed E-state index contributed by atoms with van der Waals surface area (Å²) in [4.78, 5) is 15.9. The first-order valence-corrected chi connectivity index (χ1v) is 10.4. The first-order chi connectivity index (χ1) is 14.1. The number of hydrogen-bond acceptors (Lipinski definition) is 4. The standard InChI is InChI=1S/C22H23N5OS/c1-15-8-7-9-16(2)19(15)27-20(28)17-10-3-4-11-18(17)26-21(27)23-25(22(26)29)14-24-12-5-6-13-24/h3-4,7-11H,5-6,12-14H2,1-2H3. The maximum absolute atomic E-state index is 13.6. The van der Waals surface area contributed by atoms with E-state index in [1.54, 1.807) is 4.57 Å². The fourth-order valence-electron chi connectivity index (χ4n) is 4.38. The van der Waals surface area contributed by atoms with Crippen molar-refractivity contribution in [3.63, 3.8) is 0 Å². The molecule has 1 aliphatic rings. The van der Waals surface area contributed by atoms with E-state index < -0.39 is 0 Å². The van der Waals surface area contributed by atoms with Gasteiger partial charge in [-0.25, -0.2) is 9.25 Å². The van der Waals surface area contributed by atoms with E-state index >= 15 is 0 Å². The lowest BCUT2D eigenvalue weighted by Gasteiger charge is -2.14. The fraction of sp³-hybridized carbons (Fsp3) is 0.318. The molecule has 0 radical (unpaired) electrons. The van der Waals surface area contributed by atoms with Crippen molar-refractivity contribution in [2.24, 2.45) is 0 Å². The first-order valence-electron chi connectivity index (χ1n) is 9.98. The van der Waals surface area contributed by atoms with E-state index in [1.807, 2.05) is 65.4 Å². The summed E-state index contributed by atoms with van der Waals surface area (Å²) in [5.74, 6) is 0.565. The molecular formula is C22H23N5OS. The van der Waals surface area contributed by atoms with Crippen molar-refractivity contribution in [2.45, 2.75) is 33.4 Å². The van der Waals surface area contributed by atoms with Crippen LogP contribution in [0.15, 0.2) is 47.3 Å². The van der Waals surface area contributed by atoms with Crippen molar-refractivity contribution in [1.29, 1.82) is 0 Å². The number of rotatable bonds is 3. The summed E-state index contributed by atoms with van der Waals surface area (Å²) < 4.78 is 6.13. The van der Waals surface area contributed by atoms with E-state index in [9.17, 15) is 4.79 Å². The lowest BCUT2D eigenvalue weighted by Crippen LogP contribution is -2.24. The molecule has 0 unspecified atom stereocenters. The van der Waals surface area contributed by atoms with Crippen molar-refractivity contribution in [3.05, 3.63) is 68.7 Å². The summed E-state index contributed by atoms with van der Waals surface area (Å²) in [5, 5.41) is 5.48. The van der Waals surface area contributed by atoms with Gasteiger partial charge in [-0.3, -0.25) is 14.1 Å². The van der Waals surface area contributed by atoms with Gasteiger partial charge in [0.05, 0.1) is 23.3 Å². The van der Waals surface area contributed by atoms with Crippen LogP contribution in [0.1, 0.15) is 24.0 Å². The molecule has 3 heterocycles. The lowest BCUT2D eigenvalue weighted by atomic mass is 10.1. The molecule has 1 fully saturated rings. The van der Waals surface area contributed by atoms with Crippen molar-refractivity contribution < 1.29 is 0 Å². The van der Waals surface area contributed by atoms with E-state index in [1.165, 1.54) is 12.8 Å². The Hall–Kier alpha value is -2.77. The van der Waals surface area contributed by atoms with Crippen LogP contribution in [0.4, 0.5) is 0 Å². The van der Waals surface area contributed by atoms with Gasteiger partial charge in [0.1, 0.15) is 0 Å². The first kappa shape index (κ1) is 18.3. The maximum atomic E-state index is 13.6. The maximum Gasteiger partial charge on any atom is 0.267 e. The summed E-state index contributed by atoms with van der Waals surface area (Å²) in [7, 11) is 0. The zero-order chi connectivity index (χ0) is 20.1. The number of benzene rings is 2. The molecule has 0 N–H and O–H groups in total. The Morgan fingerprint density at radius 2 is 1.69 bits per heavy atom. The molecule has 7 heteroatoms. The Bertz CT molecular complexity index is 1340. The molecule has 0 amide bonds. The number of fused-ring (bicyclic) bond motifs is 3. The van der Waals surface area contributed by atoms with Crippen LogP contribution in [0, 0.1) is 18.6 Å². The van der Waals surface area contributed by atoms with Gasteiger partial charge in [0.25, 0.3) is 5.56 Å². The Balaban J connectivity index is 1.90. The molecule has 148 valence electrons. The predicted octanol–water partition coefficient (Wildman–Crippen LogP) is 3.84. The highest BCUT2D eigenvalue weighted by atomic mass is 32.1. The Morgan fingerprint density at radius 3 is 2.41 bits per heavy atom. The highest BCUT2D eigenvalue weighted by Crippen LogP contribution is 2.22. The zero-order valence-corrected chi connectivity index (χ0v) is 17.4. The minimum atomic E-state index is -0.0705. The molecular weight excluding hydrogens is 382 g/mol. The van der Waals surface area contributed by atoms with Crippen molar-refractivity contribution >= 4 is 28.9 Å². The van der Waals surface area contributed by atoms with Crippen LogP contribution in [0.25, 0.3) is 22.4 Å². The molecule has 0 aliphatic carbocycles. The van der Waals surface area contributed by atoms with Crippen LogP contribution in [0.2, 0.25) is 0 Å². The third kappa shape index (κ3) is 2.84. The smallest absolute Gasteiger partial charge is 0.267 e. The van der Waals surface area contributed by atoms with Crippen LogP contribution in [0.3, 0.4) is 0 Å². The topological polar surface area (TPSA) is 47.5 Å². The molecule has 0 bridgehead atoms. The molecule has 5 rings (SSSR count). The van der Waals surface area contributed by atoms with Crippen LogP contribution in [0.5, 0.6) is 0 Å². The zero-order valence-electron chi connectivity index (χ0n) is 16.6. The summed E-state index contributed by atoms with van der Waals surface area (Å²) in [6.45, 7) is 6.81. The fourth-order valence-corrected chi connectivity index (χ4v) is 4.66. The van der Waals surface area contributed by atoms with Gasteiger partial charge in [-0.15, -0.1) is 5.10 Å². The van der Waals surface area contributed by atoms with E-state index in [0.29, 0.717) is 22.6 Å². The number of nitrogens with zero attached hydrogens (tertiary/aromatic N) is 5. The molecule has 1 saturated heterocycles. The third-order valence-electron chi connectivity index (χ3n) is 5.80. The molecule has 6 nitrogen and oxygen atoms in total. The van der Waals surface area contributed by atoms with Gasteiger partial charge in [0.2, 0.25) is 10.5 Å². The van der Waals surface area contributed by atoms with E-state index in [2.05, 4.69) is 4.90 Å². The average molecular weight is 406 g/mol. The molecule has 29 heavy (non-hydrogen) atoms. The second kappa shape index (κ2) is 6.93. The van der Waals surface area contributed by atoms with Crippen LogP contribution >= 0.6 is 12.2 Å². The highest BCUT2D eigenvalue weighted by molar-refractivity contribution is 7.71. The Labute approximate surface area is 173 Å². The van der Waals surface area contributed by atoms with E-state index in [0.717, 1.165) is 35.4 Å². The normalized spacial score (nSPS) is 15.0. The van der Waals surface area contributed by atoms with E-state index in [-0.39, 0.29) is 5.56 Å². The molecule has 2 aromatic carbocycles. The van der Waals surface area contributed by atoms with Crippen molar-refractivity contribution in [2.75, 3.05) is 13.1 Å². The molecule has 1 aliphatic heterocycles. The Morgan fingerprint density at radius 1 is 1.00 bits per heavy atom. The van der Waals surface area contributed by atoms with Crippen LogP contribution < -0.4 is 5.56 Å². The molecule has 2 aromatic heterocycles. The van der Waals surface area contributed by atoms with Crippen LogP contribution in [-0.2, 0) is 6.67 Å².